The minimum atomic E-state index is -0.776. The average molecular weight is 324 g/mol. The molecule has 8 heteroatoms. The van der Waals surface area contributed by atoms with Crippen LogP contribution in [0.15, 0.2) is 24.3 Å². The van der Waals surface area contributed by atoms with Crippen LogP contribution in [0.4, 0.5) is 5.69 Å². The molecule has 8 nitrogen and oxygen atoms in total. The number of ether oxygens (including phenoxy) is 2. The molecular weight excluding hydrogens is 304 g/mol. The number of esters is 1. The number of hydrogen-bond acceptors (Lipinski definition) is 6. The van der Waals surface area contributed by atoms with Crippen LogP contribution in [0.1, 0.15) is 26.7 Å². The summed E-state index contributed by atoms with van der Waals surface area (Å²) in [7, 11) is 0. The van der Waals surface area contributed by atoms with Gasteiger partial charge in [0, 0.05) is 12.1 Å². The monoisotopic (exact) mass is 324 g/mol. The van der Waals surface area contributed by atoms with Gasteiger partial charge in [-0.25, -0.2) is 4.79 Å². The predicted octanol–water partition coefficient (Wildman–Crippen LogP) is 1.82. The van der Waals surface area contributed by atoms with E-state index >= 15 is 0 Å². The average Bonchev–Trinajstić information content (AvgIpc) is 2.51. The fraction of sp³-hybridized carbons (Fsp3) is 0.467. The highest BCUT2D eigenvalue weighted by Gasteiger charge is 2.16. The molecule has 0 aliphatic heterocycles. The van der Waals surface area contributed by atoms with Gasteiger partial charge in [0.25, 0.3) is 5.91 Å². The molecule has 0 aliphatic rings. The lowest BCUT2D eigenvalue weighted by Gasteiger charge is -2.12. The standard InChI is InChI=1S/C15H20N2O6/c1-3-6-11(2)16-14(18)9-23-15(19)10-22-13-8-5-4-7-12(13)17(20)21/h4-5,7-8,11H,3,6,9-10H2,1-2H3,(H,16,18)/t11-/m0/s1. The Hall–Kier alpha value is -2.64. The molecule has 0 saturated carbocycles. The predicted molar refractivity (Wildman–Crippen MR) is 82.1 cm³/mol. The molecule has 23 heavy (non-hydrogen) atoms. The number of nitro groups is 1. The van der Waals surface area contributed by atoms with E-state index in [2.05, 4.69) is 5.32 Å². The van der Waals surface area contributed by atoms with E-state index in [4.69, 9.17) is 9.47 Å². The van der Waals surface area contributed by atoms with Crippen LogP contribution in [0.5, 0.6) is 5.75 Å². The lowest BCUT2D eigenvalue weighted by atomic mass is 10.2. The quantitative estimate of drug-likeness (QED) is 0.422. The second kappa shape index (κ2) is 9.39. The van der Waals surface area contributed by atoms with Crippen molar-refractivity contribution >= 4 is 17.6 Å². The van der Waals surface area contributed by atoms with Crippen molar-refractivity contribution in [2.45, 2.75) is 32.7 Å². The van der Waals surface area contributed by atoms with Gasteiger partial charge in [0.2, 0.25) is 0 Å². The van der Waals surface area contributed by atoms with Crippen molar-refractivity contribution in [3.05, 3.63) is 34.4 Å². The number of nitrogens with one attached hydrogen (secondary N) is 1. The molecule has 1 N–H and O–H groups in total. The molecule has 1 rings (SSSR count). The Balaban J connectivity index is 2.38. The normalized spacial score (nSPS) is 11.4. The number of nitro benzene ring substituents is 1. The minimum absolute atomic E-state index is 0.00872. The molecule has 0 bridgehead atoms. The van der Waals surface area contributed by atoms with E-state index in [-0.39, 0.29) is 17.5 Å². The maximum Gasteiger partial charge on any atom is 0.344 e. The van der Waals surface area contributed by atoms with Crippen molar-refractivity contribution in [3.63, 3.8) is 0 Å². The Morgan fingerprint density at radius 1 is 1.30 bits per heavy atom. The van der Waals surface area contributed by atoms with Crippen LogP contribution in [0.25, 0.3) is 0 Å². The van der Waals surface area contributed by atoms with Crippen molar-refractivity contribution in [2.75, 3.05) is 13.2 Å². The Kier molecular flexibility index (Phi) is 7.52. The minimum Gasteiger partial charge on any atom is -0.475 e. The first-order valence-corrected chi connectivity index (χ1v) is 7.25. The molecule has 0 saturated heterocycles. The van der Waals surface area contributed by atoms with Crippen LogP contribution in [0.3, 0.4) is 0 Å². The second-order valence-corrected chi connectivity index (χ2v) is 4.93. The molecule has 0 heterocycles. The van der Waals surface area contributed by atoms with Crippen LogP contribution in [0, 0.1) is 10.1 Å². The summed E-state index contributed by atoms with van der Waals surface area (Å²) in [4.78, 5) is 33.2. The van der Waals surface area contributed by atoms with E-state index in [0.29, 0.717) is 0 Å². The van der Waals surface area contributed by atoms with Gasteiger partial charge in [-0.3, -0.25) is 14.9 Å². The van der Waals surface area contributed by atoms with Gasteiger partial charge < -0.3 is 14.8 Å². The van der Waals surface area contributed by atoms with E-state index in [1.165, 1.54) is 18.2 Å². The number of amides is 1. The van der Waals surface area contributed by atoms with Crippen molar-refractivity contribution in [3.8, 4) is 5.75 Å². The van der Waals surface area contributed by atoms with Gasteiger partial charge in [-0.15, -0.1) is 0 Å². The molecular formula is C15H20N2O6. The van der Waals surface area contributed by atoms with E-state index < -0.39 is 30.0 Å². The topological polar surface area (TPSA) is 108 Å². The molecule has 1 aromatic rings. The fourth-order valence-electron chi connectivity index (χ4n) is 1.88. The Morgan fingerprint density at radius 2 is 2.00 bits per heavy atom. The summed E-state index contributed by atoms with van der Waals surface area (Å²) in [6.45, 7) is 2.94. The first-order valence-electron chi connectivity index (χ1n) is 7.25. The highest BCUT2D eigenvalue weighted by atomic mass is 16.6. The number of rotatable bonds is 9. The van der Waals surface area contributed by atoms with Crippen molar-refractivity contribution in [1.82, 2.24) is 5.32 Å². The molecule has 1 aromatic carbocycles. The summed E-state index contributed by atoms with van der Waals surface area (Å²) in [5.74, 6) is -1.21. The molecule has 0 spiro atoms. The van der Waals surface area contributed by atoms with Gasteiger partial charge >= 0.3 is 11.7 Å². The highest BCUT2D eigenvalue weighted by molar-refractivity contribution is 5.81. The van der Waals surface area contributed by atoms with Gasteiger partial charge in [-0.05, 0) is 19.4 Å². The summed E-state index contributed by atoms with van der Waals surface area (Å²) in [5.41, 5.74) is -0.244. The molecule has 0 aromatic heterocycles. The molecule has 1 atom stereocenters. The summed E-state index contributed by atoms with van der Waals surface area (Å²) >= 11 is 0. The largest absolute Gasteiger partial charge is 0.475 e. The Morgan fingerprint density at radius 3 is 2.65 bits per heavy atom. The van der Waals surface area contributed by atoms with Gasteiger partial charge in [0.15, 0.2) is 19.0 Å². The van der Waals surface area contributed by atoms with Crippen molar-refractivity contribution < 1.29 is 24.0 Å². The number of benzene rings is 1. The first kappa shape index (κ1) is 18.4. The lowest BCUT2D eigenvalue weighted by Crippen LogP contribution is -2.36. The van der Waals surface area contributed by atoms with Crippen molar-refractivity contribution in [1.29, 1.82) is 0 Å². The zero-order chi connectivity index (χ0) is 17.2. The second-order valence-electron chi connectivity index (χ2n) is 4.93. The molecule has 0 radical (unpaired) electrons. The number of hydrogen-bond donors (Lipinski definition) is 1. The summed E-state index contributed by atoms with van der Waals surface area (Å²) in [6, 6.07) is 5.70. The third-order valence-corrected chi connectivity index (χ3v) is 2.90. The van der Waals surface area contributed by atoms with E-state index in [1.54, 1.807) is 6.07 Å². The summed E-state index contributed by atoms with van der Waals surface area (Å²) in [6.07, 6.45) is 1.77. The van der Waals surface area contributed by atoms with Crippen LogP contribution >= 0.6 is 0 Å². The van der Waals surface area contributed by atoms with Crippen LogP contribution < -0.4 is 10.1 Å². The maximum absolute atomic E-state index is 11.5. The Bertz CT molecular complexity index is 561. The zero-order valence-electron chi connectivity index (χ0n) is 13.1. The molecule has 0 aliphatic carbocycles. The van der Waals surface area contributed by atoms with E-state index in [1.807, 2.05) is 13.8 Å². The van der Waals surface area contributed by atoms with Gasteiger partial charge in [-0.1, -0.05) is 25.5 Å². The number of carbonyl (C=O) groups excluding carboxylic acids is 2. The maximum atomic E-state index is 11.5. The summed E-state index contributed by atoms with van der Waals surface area (Å²) in [5, 5.41) is 13.5. The van der Waals surface area contributed by atoms with Crippen LogP contribution in [-0.4, -0.2) is 36.1 Å². The summed E-state index contributed by atoms with van der Waals surface area (Å²) < 4.78 is 9.82. The third-order valence-electron chi connectivity index (χ3n) is 2.90. The van der Waals surface area contributed by atoms with Gasteiger partial charge in [0.1, 0.15) is 0 Å². The van der Waals surface area contributed by atoms with E-state index in [9.17, 15) is 19.7 Å². The molecule has 126 valence electrons. The number of carbonyl (C=O) groups is 2. The zero-order valence-corrected chi connectivity index (χ0v) is 13.1. The first-order chi connectivity index (χ1) is 10.9. The van der Waals surface area contributed by atoms with Crippen molar-refractivity contribution in [2.24, 2.45) is 0 Å². The third kappa shape index (κ3) is 6.77. The van der Waals surface area contributed by atoms with Gasteiger partial charge in [-0.2, -0.15) is 0 Å². The SMILES string of the molecule is CCC[C@H](C)NC(=O)COC(=O)COc1ccccc1[N+](=O)[O-]. The molecule has 1 amide bonds. The lowest BCUT2D eigenvalue weighted by molar-refractivity contribution is -0.385. The van der Waals surface area contributed by atoms with E-state index in [0.717, 1.165) is 12.8 Å². The highest BCUT2D eigenvalue weighted by Crippen LogP contribution is 2.25. The molecule has 0 unspecified atom stereocenters. The Labute approximate surface area is 133 Å². The van der Waals surface area contributed by atoms with Crippen LogP contribution in [-0.2, 0) is 14.3 Å². The smallest absolute Gasteiger partial charge is 0.344 e. The molecule has 0 fully saturated rings. The van der Waals surface area contributed by atoms with Gasteiger partial charge in [0.05, 0.1) is 4.92 Å². The fourth-order valence-corrected chi connectivity index (χ4v) is 1.88. The van der Waals surface area contributed by atoms with Crippen LogP contribution in [0.2, 0.25) is 0 Å². The number of para-hydroxylation sites is 2. The number of nitrogens with zero attached hydrogens (tertiary/aromatic N) is 1.